The van der Waals surface area contributed by atoms with Gasteiger partial charge in [-0.25, -0.2) is 9.59 Å². The molecule has 3 unspecified atom stereocenters. The number of nitrogens with zero attached hydrogens (tertiary/aromatic N) is 4. The van der Waals surface area contributed by atoms with Crippen LogP contribution < -0.4 is 42.5 Å². The SMILES string of the molecule is C=CCNC(=O)C(=O)C(CCC)NC(=O)[C@@H]1[C@H]2CCC[C@H]2CN1C(=O)[C@@H](NC(=O)N[C@H](CN1C(=O)CC(C)(C)CC1=O)C(C)(C)C)C(C)(C)C.C=CCNC(=O)C(O)C(CCC)NC(=O)[C@@H]1[C@H]2CCC[C@H]2CN1C(=O)[C@@H](NC(=O)N[C@H](CN1C(=O)CC(C)(C)CC1=O)C(C)(C)C)C(C)(C)C.[HH].[HH]. The van der Waals surface area contributed by atoms with E-state index in [4.69, 9.17) is 0 Å². The highest BCUT2D eigenvalue weighted by atomic mass is 16.3. The maximum absolute atomic E-state index is 14.5. The molecule has 4 saturated heterocycles. The predicted octanol–water partition coefficient (Wildman–Crippen LogP) is 6.43. The second-order valence-corrected chi connectivity index (χ2v) is 34.7. The Kier molecular flexibility index (Phi) is 28.5. The van der Waals surface area contributed by atoms with Gasteiger partial charge in [-0.3, -0.25) is 62.5 Å². The van der Waals surface area contributed by atoms with E-state index >= 15 is 0 Å². The molecule has 4 heterocycles. The standard InChI is InChI=1S/C37H62N6O7.C37H60N6O7.2H2/c2*1-11-14-24(29(46)32(48)38-17-12-2)39-31(47)28-23-16-13-15-22(23)20-43(28)33(49)30(36(6,7)8)41-34(50)40-25(35(3,4)5)21-42-26(44)18-37(9,10)19-27(42)45;;/h12,22-25,28-30,46H,2,11,13-21H2,1,3-10H3,(H,38,48)(H,39,47)(H2,40,41,50);12,22-25,28,30H,2,11,13-21H2,1,3-10H3,(H,38,48)(H,39,47)(H2,40,41,50);2*1H/t22-,23-,24?,25+,28-,29?,30+;22-,23-,24?,25+,28-,30+;;/m00../s1. The average Bonchev–Trinajstić information content (AvgIpc) is 1.61. The topological polar surface area (TPSA) is 351 Å². The van der Waals surface area contributed by atoms with Crippen molar-refractivity contribution < 1.29 is 70.3 Å². The van der Waals surface area contributed by atoms with E-state index < -0.39 is 140 Å². The number of Topliss-reactive ketones (excluding diaryl/α,β-unsaturated/α-hetero) is 1. The van der Waals surface area contributed by atoms with Crippen LogP contribution in [0.4, 0.5) is 9.59 Å². The largest absolute Gasteiger partial charge is 0.381 e. The summed E-state index contributed by atoms with van der Waals surface area (Å²) < 4.78 is 0. The van der Waals surface area contributed by atoms with Gasteiger partial charge < -0.3 is 57.4 Å². The molecule has 26 heteroatoms. The Morgan fingerprint density at radius 2 is 0.900 bits per heavy atom. The van der Waals surface area contributed by atoms with E-state index in [2.05, 4.69) is 55.7 Å². The molecule has 14 amide bonds. The number of imide groups is 2. The van der Waals surface area contributed by atoms with Crippen molar-refractivity contribution in [1.82, 2.24) is 62.1 Å². The summed E-state index contributed by atoms with van der Waals surface area (Å²) in [6.45, 7) is 41.8. The second kappa shape index (κ2) is 34.1. The van der Waals surface area contributed by atoms with E-state index in [0.29, 0.717) is 32.4 Å². The van der Waals surface area contributed by atoms with Gasteiger partial charge in [-0.1, -0.05) is 162 Å². The van der Waals surface area contributed by atoms with Gasteiger partial charge in [-0.15, -0.1) is 13.2 Å². The van der Waals surface area contributed by atoms with Crippen molar-refractivity contribution in [2.24, 2.45) is 56.2 Å². The fourth-order valence-electron chi connectivity index (χ4n) is 14.9. The summed E-state index contributed by atoms with van der Waals surface area (Å²) in [5, 5.41) is 33.2. The van der Waals surface area contributed by atoms with Crippen LogP contribution in [0, 0.1) is 56.2 Å². The molecular formula is C74H126N12O14. The summed E-state index contributed by atoms with van der Waals surface area (Å²) in [6, 6.07) is -8.11. The minimum atomic E-state index is -1.48. The molecule has 6 aliphatic rings. The van der Waals surface area contributed by atoms with Crippen LogP contribution in [-0.2, 0) is 52.7 Å². The molecule has 0 bridgehead atoms. The number of hydrogen-bond donors (Lipinski definition) is 9. The Hall–Kier alpha value is -7.25. The molecule has 6 fully saturated rings. The summed E-state index contributed by atoms with van der Waals surface area (Å²) in [5.74, 6) is -5.01. The van der Waals surface area contributed by atoms with Crippen molar-refractivity contribution in [3.8, 4) is 0 Å². The second-order valence-electron chi connectivity index (χ2n) is 34.7. The number of rotatable bonds is 26. The van der Waals surface area contributed by atoms with Crippen LogP contribution in [-0.4, -0.2) is 195 Å². The van der Waals surface area contributed by atoms with E-state index in [9.17, 15) is 67.4 Å². The highest BCUT2D eigenvalue weighted by Crippen LogP contribution is 2.45. The molecule has 4 aliphatic heterocycles. The number of aliphatic hydroxyl groups is 1. The van der Waals surface area contributed by atoms with Crippen molar-refractivity contribution >= 4 is 76.9 Å². The minimum absolute atomic E-state index is 0. The molecule has 0 aromatic carbocycles. The Labute approximate surface area is 596 Å². The summed E-state index contributed by atoms with van der Waals surface area (Å²) in [6.07, 6.45) is 9.25. The van der Waals surface area contributed by atoms with Gasteiger partial charge in [-0.2, -0.15) is 0 Å². The van der Waals surface area contributed by atoms with Gasteiger partial charge in [0.2, 0.25) is 53.0 Å². The van der Waals surface area contributed by atoms with Crippen molar-refractivity contribution in [3.05, 3.63) is 25.3 Å². The number of urea groups is 2. The van der Waals surface area contributed by atoms with E-state index in [-0.39, 0.29) is 108 Å². The van der Waals surface area contributed by atoms with Crippen LogP contribution in [0.25, 0.3) is 0 Å². The Morgan fingerprint density at radius 3 is 1.25 bits per heavy atom. The Morgan fingerprint density at radius 1 is 0.530 bits per heavy atom. The molecule has 6 rings (SSSR count). The number of nitrogens with one attached hydrogen (secondary N) is 8. The fourth-order valence-corrected chi connectivity index (χ4v) is 14.9. The Balaban J connectivity index is 0.000000520. The molecule has 0 radical (unpaired) electrons. The lowest BCUT2D eigenvalue weighted by Crippen LogP contribution is -2.63. The molecule has 2 saturated carbocycles. The summed E-state index contributed by atoms with van der Waals surface area (Å²) in [5.41, 5.74) is -3.45. The third-order valence-corrected chi connectivity index (χ3v) is 20.7. The number of likely N-dealkylation sites (tertiary alicyclic amines) is 4. The predicted molar refractivity (Wildman–Crippen MR) is 384 cm³/mol. The normalized spacial score (nSPS) is 24.1. The van der Waals surface area contributed by atoms with Crippen LogP contribution >= 0.6 is 0 Å². The van der Waals surface area contributed by atoms with Crippen LogP contribution in [0.5, 0.6) is 0 Å². The van der Waals surface area contributed by atoms with E-state index in [0.717, 1.165) is 38.5 Å². The summed E-state index contributed by atoms with van der Waals surface area (Å²) in [7, 11) is 0. The molecule has 13 atom stereocenters. The molecular weight excluding hydrogens is 1280 g/mol. The number of carbonyl (C=O) groups is 13. The first-order valence-electron chi connectivity index (χ1n) is 36.2. The van der Waals surface area contributed by atoms with Crippen molar-refractivity contribution in [3.63, 3.8) is 0 Å². The Bertz CT molecular complexity index is 3020. The quantitative estimate of drug-likeness (QED) is 0.0256. The monoisotopic (exact) mass is 1410 g/mol. The summed E-state index contributed by atoms with van der Waals surface area (Å²) in [4.78, 5) is 180. The molecule has 0 aromatic rings. The number of hydrogen-bond acceptors (Lipinski definition) is 14. The number of piperidine rings is 2. The highest BCUT2D eigenvalue weighted by molar-refractivity contribution is 6.38. The van der Waals surface area contributed by atoms with E-state index in [1.165, 1.54) is 22.0 Å². The third kappa shape index (κ3) is 21.9. The van der Waals surface area contributed by atoms with Gasteiger partial charge in [0.25, 0.3) is 11.8 Å². The molecule has 26 nitrogen and oxygen atoms in total. The molecule has 566 valence electrons. The first-order chi connectivity index (χ1) is 46.2. The van der Waals surface area contributed by atoms with Crippen LogP contribution in [0.15, 0.2) is 25.3 Å². The first kappa shape index (κ1) is 83.4. The first-order valence-corrected chi connectivity index (χ1v) is 36.2. The van der Waals surface area contributed by atoms with Crippen LogP contribution in [0.2, 0.25) is 0 Å². The minimum Gasteiger partial charge on any atom is -0.381 e. The molecule has 9 N–H and O–H groups in total. The fraction of sp³-hybridized carbons (Fsp3) is 0.770. The molecule has 0 aromatic heterocycles. The lowest BCUT2D eigenvalue weighted by Gasteiger charge is -2.40. The van der Waals surface area contributed by atoms with Crippen LogP contribution in [0.1, 0.15) is 217 Å². The van der Waals surface area contributed by atoms with Crippen molar-refractivity contribution in [1.29, 1.82) is 0 Å². The van der Waals surface area contributed by atoms with E-state index in [1.807, 2.05) is 125 Å². The van der Waals surface area contributed by atoms with Crippen LogP contribution in [0.3, 0.4) is 0 Å². The van der Waals surface area contributed by atoms with Gasteiger partial charge in [0.15, 0.2) is 6.10 Å². The number of aliphatic hydroxyl groups excluding tert-OH is 1. The average molecular weight is 1410 g/mol. The maximum atomic E-state index is 14.5. The summed E-state index contributed by atoms with van der Waals surface area (Å²) >= 11 is 0. The molecule has 2 aliphatic carbocycles. The number of amides is 14. The molecule has 0 spiro atoms. The van der Waals surface area contributed by atoms with E-state index in [1.54, 1.807) is 9.80 Å². The van der Waals surface area contributed by atoms with Gasteiger partial charge in [0, 0.05) is 67.8 Å². The number of fused-ring (bicyclic) bond motifs is 2. The zero-order valence-corrected chi connectivity index (χ0v) is 63.3. The van der Waals surface area contributed by atoms with Gasteiger partial charge in [0.1, 0.15) is 24.2 Å². The van der Waals surface area contributed by atoms with Gasteiger partial charge in [0.05, 0.1) is 24.2 Å². The lowest BCUT2D eigenvalue weighted by molar-refractivity contribution is -0.155. The number of ketones is 1. The van der Waals surface area contributed by atoms with Crippen molar-refractivity contribution in [2.45, 2.75) is 269 Å². The maximum Gasteiger partial charge on any atom is 0.315 e. The highest BCUT2D eigenvalue weighted by Gasteiger charge is 2.55. The smallest absolute Gasteiger partial charge is 0.315 e. The zero-order chi connectivity index (χ0) is 75.5. The molecule has 100 heavy (non-hydrogen) atoms. The van der Waals surface area contributed by atoms with Gasteiger partial charge in [-0.05, 0) is 94.7 Å². The number of carbonyl (C=O) groups excluding carboxylic acids is 13. The third-order valence-electron chi connectivity index (χ3n) is 20.7. The van der Waals surface area contributed by atoms with Gasteiger partial charge >= 0.3 is 12.1 Å². The lowest BCUT2D eigenvalue weighted by atomic mass is 9.80. The van der Waals surface area contributed by atoms with Crippen molar-refractivity contribution in [2.75, 3.05) is 39.3 Å². The zero-order valence-electron chi connectivity index (χ0n) is 63.3.